The highest BCUT2D eigenvalue weighted by atomic mass is 35.5. The van der Waals surface area contributed by atoms with Crippen LogP contribution >= 0.6 is 30.9 Å². The predicted octanol–water partition coefficient (Wildman–Crippen LogP) is 3.15. The molecule has 2 aliphatic rings. The standard InChI is InChI=1S/C25H32Cl2N3O9P/c1-14(2)37-21(33)15(3)29-40(35,39-17-7-5-16(6-8-17)24(4)10-11-24)36-13-18-20(32)25(26,27)22(38-18)30-12-9-19(31)28-23(30)34/h5-9,12,14-15,18,20,22,32H,10-11,13H2,1-4H3,(H,29,35)(H,28,31,34)/t15-,18+,20+,22+,40?/m0/s1. The number of aliphatic hydroxyl groups is 1. The fourth-order valence-electron chi connectivity index (χ4n) is 4.14. The van der Waals surface area contributed by atoms with Crippen LogP contribution in [0.3, 0.4) is 0 Å². The van der Waals surface area contributed by atoms with Gasteiger partial charge in [0.05, 0.1) is 12.7 Å². The lowest BCUT2D eigenvalue weighted by atomic mass is 9.99. The van der Waals surface area contributed by atoms with Crippen LogP contribution < -0.4 is 20.9 Å². The maximum absolute atomic E-state index is 13.9. The number of carbonyl (C=O) groups is 1. The van der Waals surface area contributed by atoms with E-state index in [2.05, 4.69) is 17.0 Å². The molecule has 1 saturated carbocycles. The van der Waals surface area contributed by atoms with Crippen LogP contribution in [0, 0.1) is 0 Å². The highest BCUT2D eigenvalue weighted by molar-refractivity contribution is 7.52. The summed E-state index contributed by atoms with van der Waals surface area (Å²) in [4.78, 5) is 38.2. The van der Waals surface area contributed by atoms with E-state index >= 15 is 0 Å². The van der Waals surface area contributed by atoms with Crippen molar-refractivity contribution in [3.63, 3.8) is 0 Å². The Morgan fingerprint density at radius 1 is 1.23 bits per heavy atom. The number of benzene rings is 1. The van der Waals surface area contributed by atoms with Gasteiger partial charge in [-0.1, -0.05) is 42.3 Å². The summed E-state index contributed by atoms with van der Waals surface area (Å²) < 4.78 is 35.0. The molecule has 3 N–H and O–H groups in total. The predicted molar refractivity (Wildman–Crippen MR) is 147 cm³/mol. The first-order valence-corrected chi connectivity index (χ1v) is 15.0. The van der Waals surface area contributed by atoms with Gasteiger partial charge < -0.3 is 19.1 Å². The van der Waals surface area contributed by atoms with Crippen molar-refractivity contribution in [2.75, 3.05) is 6.61 Å². The van der Waals surface area contributed by atoms with Crippen LogP contribution in [0.1, 0.15) is 52.3 Å². The lowest BCUT2D eigenvalue weighted by molar-refractivity contribution is -0.149. The van der Waals surface area contributed by atoms with Crippen molar-refractivity contribution in [1.29, 1.82) is 0 Å². The second-order valence-electron chi connectivity index (χ2n) is 10.5. The maximum Gasteiger partial charge on any atom is 0.459 e. The zero-order chi connectivity index (χ0) is 29.5. The molecule has 0 bridgehead atoms. The molecular formula is C25H32Cl2N3O9P. The van der Waals surface area contributed by atoms with Gasteiger partial charge >= 0.3 is 19.4 Å². The summed E-state index contributed by atoms with van der Waals surface area (Å²) in [5, 5.41) is 13.3. The number of aromatic nitrogens is 2. The minimum atomic E-state index is -4.31. The van der Waals surface area contributed by atoms with Crippen molar-refractivity contribution in [2.24, 2.45) is 0 Å². The first-order chi connectivity index (χ1) is 18.6. The Kier molecular flexibility index (Phi) is 8.92. The van der Waals surface area contributed by atoms with E-state index in [0.29, 0.717) is 0 Å². The van der Waals surface area contributed by atoms with Crippen molar-refractivity contribution in [3.8, 4) is 5.75 Å². The molecule has 1 aromatic heterocycles. The number of esters is 1. The third-order valence-corrected chi connectivity index (χ3v) is 9.19. The zero-order valence-corrected chi connectivity index (χ0v) is 24.7. The molecule has 220 valence electrons. The zero-order valence-electron chi connectivity index (χ0n) is 22.3. The maximum atomic E-state index is 13.9. The molecule has 2 fully saturated rings. The largest absolute Gasteiger partial charge is 0.462 e. The minimum absolute atomic E-state index is 0.113. The number of alkyl halides is 2. The SMILES string of the molecule is CC(C)OC(=O)[C@H](C)NP(=O)(OC[C@H]1O[C@@H](n2ccc(=O)[nH]c2=O)C(Cl)(Cl)[C@@H]1O)Oc1ccc(C2(C)CC2)cc1. The Hall–Kier alpha value is -2.18. The van der Waals surface area contributed by atoms with Crippen LogP contribution in [-0.2, 0) is 28.8 Å². The first kappa shape index (κ1) is 30.8. The molecule has 1 aliphatic heterocycles. The van der Waals surface area contributed by atoms with Gasteiger partial charge in [-0.3, -0.25) is 23.7 Å². The third kappa shape index (κ3) is 6.82. The summed E-state index contributed by atoms with van der Waals surface area (Å²) in [5.74, 6) is -0.475. The summed E-state index contributed by atoms with van der Waals surface area (Å²) in [5.41, 5.74) is -0.289. The molecule has 5 atom stereocenters. The van der Waals surface area contributed by atoms with Crippen LogP contribution in [0.2, 0.25) is 0 Å². The summed E-state index contributed by atoms with van der Waals surface area (Å²) in [6.45, 7) is 6.36. The fraction of sp³-hybridized carbons (Fsp3) is 0.560. The molecule has 12 nitrogen and oxygen atoms in total. The van der Waals surface area contributed by atoms with Gasteiger partial charge in [0.25, 0.3) is 5.56 Å². The van der Waals surface area contributed by atoms with Crippen molar-refractivity contribution in [3.05, 3.63) is 62.9 Å². The van der Waals surface area contributed by atoms with Gasteiger partial charge in [0, 0.05) is 12.3 Å². The third-order valence-electron chi connectivity index (χ3n) is 6.73. The second kappa shape index (κ2) is 11.6. The van der Waals surface area contributed by atoms with E-state index in [-0.39, 0.29) is 11.2 Å². The van der Waals surface area contributed by atoms with Gasteiger partial charge in [-0.15, -0.1) is 0 Å². The minimum Gasteiger partial charge on any atom is -0.462 e. The number of carbonyl (C=O) groups excluding carboxylic acids is 1. The number of H-pyrrole nitrogens is 1. The Bertz CT molecular complexity index is 1390. The van der Waals surface area contributed by atoms with E-state index in [9.17, 15) is 24.1 Å². The van der Waals surface area contributed by atoms with Crippen LogP contribution in [0.5, 0.6) is 5.75 Å². The van der Waals surface area contributed by atoms with Crippen molar-refractivity contribution >= 4 is 36.9 Å². The number of rotatable bonds is 11. The molecular weight excluding hydrogens is 588 g/mol. The number of aliphatic hydroxyl groups excluding tert-OH is 1. The molecule has 4 rings (SSSR count). The van der Waals surface area contributed by atoms with Crippen LogP contribution in [-0.4, -0.2) is 55.9 Å². The number of aromatic amines is 1. The summed E-state index contributed by atoms with van der Waals surface area (Å²) in [6, 6.07) is 7.00. The Labute approximate surface area is 240 Å². The number of hydrogen-bond donors (Lipinski definition) is 3. The van der Waals surface area contributed by atoms with E-state index in [4.69, 9.17) is 41.7 Å². The van der Waals surface area contributed by atoms with Gasteiger partial charge in [-0.25, -0.2) is 9.36 Å². The molecule has 1 unspecified atom stereocenters. The van der Waals surface area contributed by atoms with Gasteiger partial charge in [0.1, 0.15) is 24.0 Å². The lowest BCUT2D eigenvalue weighted by Gasteiger charge is -2.25. The molecule has 1 saturated heterocycles. The molecule has 2 heterocycles. The Morgan fingerprint density at radius 3 is 2.45 bits per heavy atom. The van der Waals surface area contributed by atoms with E-state index in [1.54, 1.807) is 26.0 Å². The second-order valence-corrected chi connectivity index (χ2v) is 13.6. The topological polar surface area (TPSA) is 158 Å². The monoisotopic (exact) mass is 619 g/mol. The molecule has 1 aromatic carbocycles. The summed E-state index contributed by atoms with van der Waals surface area (Å²) in [7, 11) is -4.31. The molecule has 0 amide bonds. The average Bonchev–Trinajstić information content (AvgIpc) is 3.57. The van der Waals surface area contributed by atoms with E-state index in [0.717, 1.165) is 35.2 Å². The van der Waals surface area contributed by atoms with Gasteiger partial charge in [0.15, 0.2) is 10.6 Å². The quantitative estimate of drug-likeness (QED) is 0.194. The average molecular weight is 620 g/mol. The van der Waals surface area contributed by atoms with Crippen molar-refractivity contribution < 1.29 is 33.0 Å². The summed E-state index contributed by atoms with van der Waals surface area (Å²) >= 11 is 12.7. The highest BCUT2D eigenvalue weighted by Crippen LogP contribution is 2.51. The molecule has 40 heavy (non-hydrogen) atoms. The molecule has 0 spiro atoms. The van der Waals surface area contributed by atoms with Crippen molar-refractivity contribution in [1.82, 2.24) is 14.6 Å². The normalized spacial score (nSPS) is 25.2. The number of hydrogen-bond acceptors (Lipinski definition) is 9. The Morgan fingerprint density at radius 2 is 1.88 bits per heavy atom. The van der Waals surface area contributed by atoms with Crippen LogP contribution in [0.15, 0.2) is 46.1 Å². The lowest BCUT2D eigenvalue weighted by Crippen LogP contribution is -2.41. The molecule has 1 aliphatic carbocycles. The first-order valence-electron chi connectivity index (χ1n) is 12.7. The van der Waals surface area contributed by atoms with Crippen LogP contribution in [0.4, 0.5) is 0 Å². The molecule has 0 radical (unpaired) electrons. The smallest absolute Gasteiger partial charge is 0.459 e. The molecule has 2 aromatic rings. The fourth-order valence-corrected chi connectivity index (χ4v) is 6.23. The van der Waals surface area contributed by atoms with E-state index in [1.165, 1.54) is 6.92 Å². The van der Waals surface area contributed by atoms with Crippen molar-refractivity contribution in [2.45, 2.75) is 80.9 Å². The number of halogens is 2. The van der Waals surface area contributed by atoms with Gasteiger partial charge in [-0.05, 0) is 56.7 Å². The highest BCUT2D eigenvalue weighted by Gasteiger charge is 2.56. The molecule has 15 heteroatoms. The number of ether oxygens (including phenoxy) is 2. The number of nitrogens with one attached hydrogen (secondary N) is 2. The number of nitrogens with zero attached hydrogens (tertiary/aromatic N) is 1. The summed E-state index contributed by atoms with van der Waals surface area (Å²) in [6.07, 6.45) is -1.47. The Balaban J connectivity index is 1.53. The van der Waals surface area contributed by atoms with Crippen LogP contribution in [0.25, 0.3) is 0 Å². The van der Waals surface area contributed by atoms with Gasteiger partial charge in [0.2, 0.25) is 0 Å². The van der Waals surface area contributed by atoms with Gasteiger partial charge in [-0.2, -0.15) is 5.09 Å². The van der Waals surface area contributed by atoms with E-state index < -0.39 is 66.5 Å². The van der Waals surface area contributed by atoms with E-state index in [1.807, 2.05) is 12.1 Å².